The Bertz CT molecular complexity index is 189. The third-order valence-corrected chi connectivity index (χ3v) is 1.18. The number of rotatable bonds is 3. The average Bonchev–Trinajstić information content (AvgIpc) is 1.59. The maximum atomic E-state index is 9.66. The summed E-state index contributed by atoms with van der Waals surface area (Å²) < 4.78 is 48.0. The van der Waals surface area contributed by atoms with Crippen molar-refractivity contribution in [2.45, 2.75) is 0 Å². The van der Waals surface area contributed by atoms with E-state index in [4.69, 9.17) is 9.11 Å². The molecule has 9 heavy (non-hydrogen) atoms. The Kier molecular flexibility index (Phi) is 3.22. The Morgan fingerprint density at radius 1 is 1.56 bits per heavy atom. The molecule has 0 fully saturated rings. The molecule has 0 spiro atoms. The van der Waals surface area contributed by atoms with E-state index in [-0.39, 0.29) is 0 Å². The Hall–Kier alpha value is -0.0200. The first-order chi connectivity index (χ1) is 3.92. The second kappa shape index (κ2) is 3.22. The first-order valence-electron chi connectivity index (χ1n) is 1.61. The Morgan fingerprint density at radius 2 is 2.00 bits per heavy atom. The van der Waals surface area contributed by atoms with Gasteiger partial charge in [-0.25, -0.2) is 8.39 Å². The molecule has 0 bridgehead atoms. The monoisotopic (exact) mass is 176 g/mol. The number of hydrogen-bond donors (Lipinski definition) is 2. The molecule has 8 heteroatoms. The van der Waals surface area contributed by atoms with Gasteiger partial charge in [0.25, 0.3) is 0 Å². The van der Waals surface area contributed by atoms with E-state index in [2.05, 4.69) is 4.18 Å². The van der Waals surface area contributed by atoms with Crippen LogP contribution in [0.25, 0.3) is 0 Å². The van der Waals surface area contributed by atoms with Crippen molar-refractivity contribution >= 4 is 21.5 Å². The van der Waals surface area contributed by atoms with Crippen LogP contribution in [0.4, 0.5) is 0 Å². The maximum absolute atomic E-state index is 9.66. The normalized spacial score (nSPS) is 15.3. The molecule has 0 saturated heterocycles. The zero-order valence-electron chi connectivity index (χ0n) is 4.05. The maximum Gasteiger partial charge on any atom is 0.398 e. The smallest absolute Gasteiger partial charge is 0.304 e. The van der Waals surface area contributed by atoms with Gasteiger partial charge in [-0.15, -0.1) is 0 Å². The van der Waals surface area contributed by atoms with Gasteiger partial charge in [0, 0.05) is 0 Å². The van der Waals surface area contributed by atoms with Crippen LogP contribution in [0.15, 0.2) is 0 Å². The van der Waals surface area contributed by atoms with Crippen LogP contribution in [0.1, 0.15) is 0 Å². The molecule has 0 radical (unpaired) electrons. The van der Waals surface area contributed by atoms with Crippen LogP contribution in [0.3, 0.4) is 0 Å². The fraction of sp³-hybridized carbons (Fsp3) is 1.00. The third-order valence-electron chi connectivity index (χ3n) is 0.298. The molecule has 1 unspecified atom stereocenters. The van der Waals surface area contributed by atoms with Crippen molar-refractivity contribution in [1.82, 2.24) is 0 Å². The fourth-order valence-corrected chi connectivity index (χ4v) is 0.918. The van der Waals surface area contributed by atoms with Crippen molar-refractivity contribution in [3.63, 3.8) is 0 Å². The second-order valence-corrected chi connectivity index (χ2v) is 2.95. The first kappa shape index (κ1) is 8.98. The summed E-state index contributed by atoms with van der Waals surface area (Å²) in [7, 11) is -4.57. The van der Waals surface area contributed by atoms with Crippen LogP contribution in [0, 0.1) is 0 Å². The molecular weight excluding hydrogens is 172 g/mol. The van der Waals surface area contributed by atoms with E-state index in [1.54, 1.807) is 0 Å². The van der Waals surface area contributed by atoms with E-state index in [0.717, 1.165) is 0 Å². The van der Waals surface area contributed by atoms with E-state index in [9.17, 15) is 12.6 Å². The van der Waals surface area contributed by atoms with Crippen molar-refractivity contribution < 1.29 is 25.9 Å². The summed E-state index contributed by atoms with van der Waals surface area (Å²) in [5.41, 5.74) is 0. The lowest BCUT2D eigenvalue weighted by molar-refractivity contribution is 0.304. The first-order valence-corrected chi connectivity index (χ1v) is 4.25. The zero-order chi connectivity index (χ0) is 7.49. The van der Waals surface area contributed by atoms with Crippen LogP contribution in [0.5, 0.6) is 0 Å². The predicted octanol–water partition coefficient (Wildman–Crippen LogP) is -1.01. The van der Waals surface area contributed by atoms with Crippen LogP contribution >= 0.6 is 0 Å². The van der Waals surface area contributed by atoms with E-state index in [0.29, 0.717) is 0 Å². The van der Waals surface area contributed by atoms with Gasteiger partial charge in [-0.3, -0.25) is 4.55 Å². The topological polar surface area (TPSA) is 101 Å². The highest BCUT2D eigenvalue weighted by Gasteiger charge is 2.05. The van der Waals surface area contributed by atoms with E-state index in [1.165, 1.54) is 0 Å². The molecule has 1 atom stereocenters. The van der Waals surface area contributed by atoms with Crippen molar-refractivity contribution in [3.05, 3.63) is 0 Å². The predicted molar refractivity (Wildman–Crippen MR) is 28.3 cm³/mol. The second-order valence-electron chi connectivity index (χ2n) is 0.985. The van der Waals surface area contributed by atoms with Crippen LogP contribution in [-0.2, 0) is 25.7 Å². The van der Waals surface area contributed by atoms with Crippen LogP contribution < -0.4 is 0 Å². The Balaban J connectivity index is 3.67. The Morgan fingerprint density at radius 3 is 2.11 bits per heavy atom. The summed E-state index contributed by atoms with van der Waals surface area (Å²) in [6.45, 7) is 0. The summed E-state index contributed by atoms with van der Waals surface area (Å²) in [6.07, 6.45) is 0. The molecule has 0 heterocycles. The van der Waals surface area contributed by atoms with Gasteiger partial charge >= 0.3 is 10.4 Å². The lowest BCUT2D eigenvalue weighted by Gasteiger charge is -1.92. The molecule has 0 aromatic carbocycles. The SMILES string of the molecule is O=S(O)COS(=O)(=O)O. The minimum atomic E-state index is -4.57. The number of hydrogen-bond acceptors (Lipinski definition) is 4. The molecule has 0 aliphatic heterocycles. The van der Waals surface area contributed by atoms with Gasteiger partial charge in [0.2, 0.25) is 0 Å². The molecule has 0 amide bonds. The summed E-state index contributed by atoms with van der Waals surface area (Å²) >= 11 is -2.37. The van der Waals surface area contributed by atoms with E-state index >= 15 is 0 Å². The molecule has 0 aromatic rings. The van der Waals surface area contributed by atoms with Gasteiger partial charge in [-0.1, -0.05) is 0 Å². The minimum absolute atomic E-state index is 0.946. The molecule has 0 aliphatic carbocycles. The standard InChI is InChI=1S/CH4O6S2/c2-8(3)1-7-9(4,5)6/h1H2,(H,2,3)(H,4,5,6). The van der Waals surface area contributed by atoms with Crippen LogP contribution in [-0.4, -0.2) is 27.7 Å². The molecule has 0 aliphatic rings. The fourth-order valence-electron chi connectivity index (χ4n) is 0.102. The third kappa shape index (κ3) is 7.98. The molecule has 0 saturated carbocycles. The van der Waals surface area contributed by atoms with Crippen molar-refractivity contribution in [2.24, 2.45) is 0 Å². The molecule has 0 aromatic heterocycles. The zero-order valence-corrected chi connectivity index (χ0v) is 5.68. The van der Waals surface area contributed by atoms with Crippen molar-refractivity contribution in [3.8, 4) is 0 Å². The summed E-state index contributed by atoms with van der Waals surface area (Å²) in [5.74, 6) is -0.946. The van der Waals surface area contributed by atoms with Gasteiger partial charge in [0.05, 0.1) is 0 Å². The van der Waals surface area contributed by atoms with Gasteiger partial charge < -0.3 is 4.55 Å². The summed E-state index contributed by atoms with van der Waals surface area (Å²) in [6, 6.07) is 0. The Labute approximate surface area is 54.1 Å². The highest BCUT2D eigenvalue weighted by Crippen LogP contribution is 1.85. The lowest BCUT2D eigenvalue weighted by atomic mass is 11.7. The molecule has 0 rings (SSSR count). The minimum Gasteiger partial charge on any atom is -0.304 e. The van der Waals surface area contributed by atoms with Gasteiger partial charge in [0.15, 0.2) is 17.0 Å². The van der Waals surface area contributed by atoms with Crippen molar-refractivity contribution in [1.29, 1.82) is 0 Å². The molecule has 6 nitrogen and oxygen atoms in total. The van der Waals surface area contributed by atoms with E-state index < -0.39 is 27.4 Å². The van der Waals surface area contributed by atoms with Gasteiger partial charge in [-0.05, 0) is 0 Å². The quantitative estimate of drug-likeness (QED) is 0.422. The van der Waals surface area contributed by atoms with Gasteiger partial charge in [-0.2, -0.15) is 8.42 Å². The lowest BCUT2D eigenvalue weighted by Crippen LogP contribution is -2.08. The molecule has 56 valence electrons. The van der Waals surface area contributed by atoms with Gasteiger partial charge in [0.1, 0.15) is 0 Å². The van der Waals surface area contributed by atoms with E-state index in [1.807, 2.05) is 0 Å². The largest absolute Gasteiger partial charge is 0.398 e. The highest BCUT2D eigenvalue weighted by molar-refractivity contribution is 7.83. The summed E-state index contributed by atoms with van der Waals surface area (Å²) in [4.78, 5) is 0. The summed E-state index contributed by atoms with van der Waals surface area (Å²) in [5, 5.41) is 0. The molecular formula is CH4O6S2. The van der Waals surface area contributed by atoms with Crippen LogP contribution in [0.2, 0.25) is 0 Å². The average molecular weight is 176 g/mol. The van der Waals surface area contributed by atoms with Crippen molar-refractivity contribution in [2.75, 3.05) is 5.94 Å². The molecule has 2 N–H and O–H groups in total. The highest BCUT2D eigenvalue weighted by atomic mass is 32.3.